The zero-order chi connectivity index (χ0) is 15.5. The zero-order valence-electron chi connectivity index (χ0n) is 11.6. The highest BCUT2D eigenvalue weighted by Crippen LogP contribution is 2.21. The predicted molar refractivity (Wildman–Crippen MR) is 86.9 cm³/mol. The average Bonchev–Trinajstić information content (AvgIpc) is 2.92. The van der Waals surface area contributed by atoms with Crippen molar-refractivity contribution >= 4 is 39.1 Å². The van der Waals surface area contributed by atoms with E-state index in [1.54, 1.807) is 11.4 Å². The number of aromatic nitrogens is 1. The number of thiazole rings is 1. The number of nitrogens with two attached hydrogens (primary N) is 1. The molecule has 2 aromatic carbocycles. The topological polar surface area (TPSA) is 85.1 Å². The van der Waals surface area contributed by atoms with Crippen LogP contribution in [0.2, 0.25) is 0 Å². The largest absolute Gasteiger partial charge is 0.369 e. The first kappa shape index (κ1) is 14.2. The van der Waals surface area contributed by atoms with Crippen LogP contribution < -0.4 is 11.1 Å². The van der Waals surface area contributed by atoms with E-state index in [9.17, 15) is 9.59 Å². The van der Waals surface area contributed by atoms with Crippen molar-refractivity contribution in [1.82, 2.24) is 4.98 Å². The Labute approximate surface area is 130 Å². The smallest absolute Gasteiger partial charge is 0.258 e. The molecule has 0 aliphatic heterocycles. The number of benzene rings is 2. The fourth-order valence-electron chi connectivity index (χ4n) is 2.21. The fourth-order valence-corrected chi connectivity index (χ4v) is 2.92. The Morgan fingerprint density at radius 1 is 1.14 bits per heavy atom. The highest BCUT2D eigenvalue weighted by molar-refractivity contribution is 7.14. The first-order valence-electron chi connectivity index (χ1n) is 6.65. The summed E-state index contributed by atoms with van der Waals surface area (Å²) in [6.45, 7) is 0. The van der Waals surface area contributed by atoms with Gasteiger partial charge in [-0.3, -0.25) is 14.9 Å². The number of carbonyl (C=O) groups is 2. The number of amides is 2. The van der Waals surface area contributed by atoms with Crippen molar-refractivity contribution in [2.75, 3.05) is 5.32 Å². The van der Waals surface area contributed by atoms with E-state index in [1.165, 1.54) is 11.3 Å². The predicted octanol–water partition coefficient (Wildman–Crippen LogP) is 2.58. The first-order chi connectivity index (χ1) is 10.6. The molecule has 0 spiro atoms. The monoisotopic (exact) mass is 311 g/mol. The second-order valence-corrected chi connectivity index (χ2v) is 5.63. The van der Waals surface area contributed by atoms with E-state index < -0.39 is 5.91 Å². The molecule has 0 unspecified atom stereocenters. The van der Waals surface area contributed by atoms with Crippen molar-refractivity contribution < 1.29 is 9.59 Å². The number of hydrogen-bond acceptors (Lipinski definition) is 4. The summed E-state index contributed by atoms with van der Waals surface area (Å²) in [6.07, 6.45) is 0.0701. The third-order valence-electron chi connectivity index (χ3n) is 3.16. The molecule has 1 aromatic heterocycles. The van der Waals surface area contributed by atoms with Gasteiger partial charge in [0, 0.05) is 10.9 Å². The molecule has 0 aliphatic carbocycles. The van der Waals surface area contributed by atoms with E-state index in [0.29, 0.717) is 16.4 Å². The van der Waals surface area contributed by atoms with Crippen LogP contribution in [0.15, 0.2) is 47.8 Å². The first-order valence-corrected chi connectivity index (χ1v) is 7.53. The standard InChI is InChI=1S/C16H13N3O2S/c17-14(20)8-11-9-22-16(18-11)19-15(21)13-7-3-5-10-4-1-2-6-12(10)13/h1-7,9H,8H2,(H2,17,20)(H,18,19,21). The Morgan fingerprint density at radius 3 is 2.73 bits per heavy atom. The third kappa shape index (κ3) is 2.96. The van der Waals surface area contributed by atoms with Crippen LogP contribution in [0.3, 0.4) is 0 Å². The number of carbonyl (C=O) groups excluding carboxylic acids is 2. The zero-order valence-corrected chi connectivity index (χ0v) is 12.4. The van der Waals surface area contributed by atoms with Gasteiger partial charge in [-0.2, -0.15) is 0 Å². The number of anilines is 1. The molecule has 3 rings (SSSR count). The van der Waals surface area contributed by atoms with Crippen LogP contribution in [0.25, 0.3) is 10.8 Å². The number of primary amides is 1. The SMILES string of the molecule is NC(=O)Cc1csc(NC(=O)c2cccc3ccccc23)n1. The Hall–Kier alpha value is -2.73. The van der Waals surface area contributed by atoms with Gasteiger partial charge in [0.2, 0.25) is 5.91 Å². The van der Waals surface area contributed by atoms with Crippen LogP contribution in [0.5, 0.6) is 0 Å². The normalized spacial score (nSPS) is 10.5. The summed E-state index contributed by atoms with van der Waals surface area (Å²) in [5, 5.41) is 6.81. The average molecular weight is 311 g/mol. The molecular formula is C16H13N3O2S. The van der Waals surface area contributed by atoms with Gasteiger partial charge >= 0.3 is 0 Å². The van der Waals surface area contributed by atoms with E-state index >= 15 is 0 Å². The molecule has 3 N–H and O–H groups in total. The van der Waals surface area contributed by atoms with Crippen LogP contribution in [-0.4, -0.2) is 16.8 Å². The van der Waals surface area contributed by atoms with Gasteiger partial charge in [0.15, 0.2) is 5.13 Å². The number of hydrogen-bond donors (Lipinski definition) is 2. The van der Waals surface area contributed by atoms with Gasteiger partial charge in [0.05, 0.1) is 12.1 Å². The summed E-state index contributed by atoms with van der Waals surface area (Å²) in [6, 6.07) is 13.3. The minimum atomic E-state index is -0.447. The lowest BCUT2D eigenvalue weighted by Crippen LogP contribution is -2.14. The van der Waals surface area contributed by atoms with Gasteiger partial charge in [-0.15, -0.1) is 11.3 Å². The van der Waals surface area contributed by atoms with Crippen LogP contribution in [0, 0.1) is 0 Å². The maximum atomic E-state index is 12.4. The van der Waals surface area contributed by atoms with Crippen LogP contribution in [-0.2, 0) is 11.2 Å². The Balaban J connectivity index is 1.84. The second-order valence-electron chi connectivity index (χ2n) is 4.77. The van der Waals surface area contributed by atoms with Crippen molar-refractivity contribution in [2.45, 2.75) is 6.42 Å². The van der Waals surface area contributed by atoms with Crippen molar-refractivity contribution in [2.24, 2.45) is 5.73 Å². The van der Waals surface area contributed by atoms with E-state index in [4.69, 9.17) is 5.73 Å². The number of nitrogens with zero attached hydrogens (tertiary/aromatic N) is 1. The Morgan fingerprint density at radius 2 is 1.91 bits per heavy atom. The molecule has 0 saturated heterocycles. The highest BCUT2D eigenvalue weighted by Gasteiger charge is 2.12. The minimum Gasteiger partial charge on any atom is -0.369 e. The highest BCUT2D eigenvalue weighted by atomic mass is 32.1. The summed E-state index contributed by atoms with van der Waals surface area (Å²) in [7, 11) is 0. The molecule has 6 heteroatoms. The van der Waals surface area contributed by atoms with Gasteiger partial charge in [0.25, 0.3) is 5.91 Å². The number of rotatable bonds is 4. The quantitative estimate of drug-likeness (QED) is 0.776. The van der Waals surface area contributed by atoms with Gasteiger partial charge in [-0.1, -0.05) is 36.4 Å². The van der Waals surface area contributed by atoms with Gasteiger partial charge in [0.1, 0.15) is 0 Å². The molecule has 0 atom stereocenters. The molecular weight excluding hydrogens is 298 g/mol. The number of nitrogens with one attached hydrogen (secondary N) is 1. The molecule has 0 aliphatic rings. The van der Waals surface area contributed by atoms with Crippen molar-refractivity contribution in [1.29, 1.82) is 0 Å². The Kier molecular flexibility index (Phi) is 3.84. The van der Waals surface area contributed by atoms with Crippen LogP contribution >= 0.6 is 11.3 Å². The van der Waals surface area contributed by atoms with E-state index in [-0.39, 0.29) is 12.3 Å². The minimum absolute atomic E-state index is 0.0701. The summed E-state index contributed by atoms with van der Waals surface area (Å²) < 4.78 is 0. The lowest BCUT2D eigenvalue weighted by Gasteiger charge is -2.05. The molecule has 0 saturated carbocycles. The van der Waals surface area contributed by atoms with Crippen LogP contribution in [0.1, 0.15) is 16.1 Å². The molecule has 0 bridgehead atoms. The maximum Gasteiger partial charge on any atom is 0.258 e. The number of fused-ring (bicyclic) bond motifs is 1. The fraction of sp³-hybridized carbons (Fsp3) is 0.0625. The third-order valence-corrected chi connectivity index (χ3v) is 3.97. The second kappa shape index (κ2) is 5.95. The molecule has 110 valence electrons. The molecule has 3 aromatic rings. The van der Waals surface area contributed by atoms with E-state index in [0.717, 1.165) is 10.8 Å². The molecule has 2 amide bonds. The molecule has 5 nitrogen and oxygen atoms in total. The van der Waals surface area contributed by atoms with Crippen molar-refractivity contribution in [3.05, 3.63) is 59.1 Å². The molecule has 0 radical (unpaired) electrons. The van der Waals surface area contributed by atoms with E-state index in [1.807, 2.05) is 36.4 Å². The summed E-state index contributed by atoms with van der Waals surface area (Å²) in [4.78, 5) is 27.5. The van der Waals surface area contributed by atoms with Crippen LogP contribution in [0.4, 0.5) is 5.13 Å². The lowest BCUT2D eigenvalue weighted by atomic mass is 10.0. The van der Waals surface area contributed by atoms with Crippen molar-refractivity contribution in [3.8, 4) is 0 Å². The van der Waals surface area contributed by atoms with Gasteiger partial charge < -0.3 is 5.73 Å². The van der Waals surface area contributed by atoms with Gasteiger partial charge in [-0.25, -0.2) is 4.98 Å². The molecule has 0 fully saturated rings. The van der Waals surface area contributed by atoms with Crippen molar-refractivity contribution in [3.63, 3.8) is 0 Å². The Bertz CT molecular complexity index is 852. The van der Waals surface area contributed by atoms with E-state index in [2.05, 4.69) is 10.3 Å². The lowest BCUT2D eigenvalue weighted by molar-refractivity contribution is -0.117. The van der Waals surface area contributed by atoms with Gasteiger partial charge in [-0.05, 0) is 16.8 Å². The maximum absolute atomic E-state index is 12.4. The summed E-state index contributed by atoms with van der Waals surface area (Å²) >= 11 is 1.27. The molecule has 22 heavy (non-hydrogen) atoms. The summed E-state index contributed by atoms with van der Waals surface area (Å²) in [5.41, 5.74) is 6.28. The summed E-state index contributed by atoms with van der Waals surface area (Å²) in [5.74, 6) is -0.672. The molecule has 1 heterocycles.